The standard InChI is InChI=1S/C4H7NO.CH3.4V/c1-3(5)4-2-6-4;;;;;/h3-5H,1-2H2;1H3;;;;/q-2;-1;;;;+2/t3-,4?;;;;;/m0...../s1. The molecule has 0 bridgehead atoms. The van der Waals surface area contributed by atoms with Crippen LogP contribution in [0.1, 0.15) is 0 Å². The fourth-order valence-electron chi connectivity index (χ4n) is 0.288. The zero-order chi connectivity index (χ0) is 4.57. The molecule has 2 nitrogen and oxygen atoms in total. The monoisotopic (exact) mass is 304 g/mol. The molecule has 0 amide bonds. The predicted octanol–water partition coefficient (Wildman–Crippen LogP) is 1.08. The number of epoxide rings is 1. The van der Waals surface area contributed by atoms with Crippen LogP contribution >= 0.6 is 0 Å². The van der Waals surface area contributed by atoms with Crippen molar-refractivity contribution in [1.29, 1.82) is 0 Å². The first-order chi connectivity index (χ1) is 2.80. The van der Waals surface area contributed by atoms with Crippen molar-refractivity contribution in [2.45, 2.75) is 12.1 Å². The van der Waals surface area contributed by atoms with E-state index >= 15 is 0 Å². The molecular formula is C5H10NOV4-. The molecule has 4 radical (unpaired) electrons. The van der Waals surface area contributed by atoms with Crippen LogP contribution < -0.4 is 0 Å². The molecule has 0 spiro atoms. The van der Waals surface area contributed by atoms with E-state index in [9.17, 15) is 0 Å². The summed E-state index contributed by atoms with van der Waals surface area (Å²) in [7, 11) is 0. The average molecular weight is 304 g/mol. The Kier molecular flexibility index (Phi) is 39.2. The van der Waals surface area contributed by atoms with Crippen LogP contribution in [0.5, 0.6) is 0 Å². The zero-order valence-electron chi connectivity index (χ0n) is 6.27. The molecule has 0 aromatic rings. The van der Waals surface area contributed by atoms with Crippen LogP contribution in [0.4, 0.5) is 0 Å². The molecule has 1 aliphatic rings. The van der Waals surface area contributed by atoms with Crippen LogP contribution in [-0.4, -0.2) is 18.8 Å². The normalized spacial score (nSPS) is 19.6. The minimum atomic E-state index is -0.259. The van der Waals surface area contributed by atoms with E-state index in [4.69, 9.17) is 10.5 Å². The second-order valence-electron chi connectivity index (χ2n) is 1.48. The van der Waals surface area contributed by atoms with Crippen molar-refractivity contribution in [2.24, 2.45) is 0 Å². The van der Waals surface area contributed by atoms with Gasteiger partial charge >= 0.3 is 18.6 Å². The van der Waals surface area contributed by atoms with Crippen molar-refractivity contribution in [3.63, 3.8) is 0 Å². The van der Waals surface area contributed by atoms with Crippen molar-refractivity contribution in [2.75, 3.05) is 6.61 Å². The molecule has 1 unspecified atom stereocenters. The van der Waals surface area contributed by atoms with Gasteiger partial charge in [0.25, 0.3) is 0 Å². The Balaban J connectivity index is -0.0000000240. The number of ether oxygens (including phenoxy) is 1. The van der Waals surface area contributed by atoms with Crippen molar-refractivity contribution >= 4 is 0 Å². The SMILES string of the molecule is [CH2-][C@H]([NH-])C1CO1.[CH3-].[V+2].[V].[V].[V]. The van der Waals surface area contributed by atoms with Crippen molar-refractivity contribution < 1.29 is 79.0 Å². The number of hydrogen-bond acceptors (Lipinski definition) is 1. The Bertz CT molecular complexity index is 60.4. The van der Waals surface area contributed by atoms with E-state index in [0.717, 1.165) is 6.61 Å². The average Bonchev–Trinajstić information content (AvgIpc) is 2.06. The second kappa shape index (κ2) is 14.8. The van der Waals surface area contributed by atoms with Crippen LogP contribution in [0, 0.1) is 14.4 Å². The summed E-state index contributed by atoms with van der Waals surface area (Å²) < 4.78 is 4.72. The van der Waals surface area contributed by atoms with Gasteiger partial charge in [0.1, 0.15) is 0 Å². The summed E-state index contributed by atoms with van der Waals surface area (Å²) in [6.45, 7) is 4.19. The summed E-state index contributed by atoms with van der Waals surface area (Å²) in [5.41, 5.74) is 6.86. The van der Waals surface area contributed by atoms with Gasteiger partial charge in [-0.1, -0.05) is 0 Å². The second-order valence-corrected chi connectivity index (χ2v) is 1.48. The minimum Gasteiger partial charge on any atom is -0.699 e. The van der Waals surface area contributed by atoms with E-state index in [2.05, 4.69) is 6.92 Å². The summed E-state index contributed by atoms with van der Waals surface area (Å²) >= 11 is 0. The van der Waals surface area contributed by atoms with E-state index in [0.29, 0.717) is 0 Å². The largest absolute Gasteiger partial charge is 2.00 e. The van der Waals surface area contributed by atoms with Gasteiger partial charge in [-0.05, 0) is 0 Å². The molecular weight excluding hydrogens is 294 g/mol. The molecule has 1 N–H and O–H groups in total. The molecule has 6 heteroatoms. The minimum absolute atomic E-state index is 0. The molecule has 1 fully saturated rings. The van der Waals surface area contributed by atoms with Crippen LogP contribution in [0.2, 0.25) is 0 Å². The first-order valence-corrected chi connectivity index (χ1v) is 1.96. The Hall–Kier alpha value is 2.26. The van der Waals surface area contributed by atoms with Gasteiger partial charge < -0.3 is 24.8 Å². The van der Waals surface area contributed by atoms with Gasteiger partial charge in [-0.3, -0.25) is 0 Å². The molecule has 0 aliphatic carbocycles. The van der Waals surface area contributed by atoms with Gasteiger partial charge in [-0.15, -0.1) is 0 Å². The maximum atomic E-state index is 6.86. The van der Waals surface area contributed by atoms with Crippen LogP contribution in [0.3, 0.4) is 0 Å². The van der Waals surface area contributed by atoms with Gasteiger partial charge in [-0.25, -0.2) is 6.04 Å². The van der Waals surface area contributed by atoms with Crippen molar-refractivity contribution in [3.8, 4) is 0 Å². The van der Waals surface area contributed by atoms with Crippen molar-refractivity contribution in [3.05, 3.63) is 20.1 Å². The smallest absolute Gasteiger partial charge is 0.699 e. The van der Waals surface area contributed by atoms with Gasteiger partial charge in [0.05, 0.1) is 6.61 Å². The van der Waals surface area contributed by atoms with Gasteiger partial charge in [0.2, 0.25) is 0 Å². The molecule has 0 saturated carbocycles. The zero-order valence-corrected chi connectivity index (χ0v) is 11.9. The summed E-state index contributed by atoms with van der Waals surface area (Å²) in [6.07, 6.45) is 0.157. The van der Waals surface area contributed by atoms with E-state index in [1.807, 2.05) is 0 Å². The molecule has 62 valence electrons. The van der Waals surface area contributed by atoms with Crippen molar-refractivity contribution in [1.82, 2.24) is 0 Å². The van der Waals surface area contributed by atoms with Gasteiger partial charge in [-0.2, -0.15) is 0 Å². The van der Waals surface area contributed by atoms with Gasteiger partial charge in [0, 0.05) is 61.8 Å². The van der Waals surface area contributed by atoms with Crippen LogP contribution in [0.15, 0.2) is 0 Å². The Morgan fingerprint density at radius 3 is 1.64 bits per heavy atom. The molecule has 1 heterocycles. The molecule has 0 aromatic carbocycles. The molecule has 1 aliphatic heterocycles. The van der Waals surface area contributed by atoms with Crippen LogP contribution in [-0.2, 0) is 79.0 Å². The Morgan fingerprint density at radius 2 is 1.64 bits per heavy atom. The molecule has 0 aromatic heterocycles. The summed E-state index contributed by atoms with van der Waals surface area (Å²) in [5, 5.41) is 0. The van der Waals surface area contributed by atoms with Crippen LogP contribution in [0.25, 0.3) is 5.73 Å². The predicted molar refractivity (Wildman–Crippen MR) is 29.6 cm³/mol. The molecule has 1 saturated heterocycles. The summed E-state index contributed by atoms with van der Waals surface area (Å²) in [6, 6.07) is -0.259. The number of hydrogen-bond donors (Lipinski definition) is 0. The first-order valence-electron chi connectivity index (χ1n) is 1.96. The molecule has 2 atom stereocenters. The fourth-order valence-corrected chi connectivity index (χ4v) is 0.288. The summed E-state index contributed by atoms with van der Waals surface area (Å²) in [4.78, 5) is 0. The number of rotatable bonds is 1. The summed E-state index contributed by atoms with van der Waals surface area (Å²) in [5.74, 6) is 0. The number of nitrogens with one attached hydrogen (secondary N) is 1. The quantitative estimate of drug-likeness (QED) is 0.527. The third-order valence-electron chi connectivity index (χ3n) is 0.808. The van der Waals surface area contributed by atoms with E-state index in [-0.39, 0.29) is 93.8 Å². The molecule has 1 rings (SSSR count). The topological polar surface area (TPSA) is 36.3 Å². The van der Waals surface area contributed by atoms with Gasteiger partial charge in [0.15, 0.2) is 0 Å². The first kappa shape index (κ1) is 29.2. The molecule has 11 heavy (non-hydrogen) atoms. The van der Waals surface area contributed by atoms with E-state index in [1.165, 1.54) is 0 Å². The Morgan fingerprint density at radius 1 is 1.36 bits per heavy atom. The van der Waals surface area contributed by atoms with E-state index in [1.54, 1.807) is 0 Å². The van der Waals surface area contributed by atoms with E-state index < -0.39 is 0 Å². The third kappa shape index (κ3) is 15.0. The Labute approximate surface area is 117 Å². The maximum Gasteiger partial charge on any atom is 2.00 e. The maximum absolute atomic E-state index is 6.86. The fraction of sp³-hybridized carbons (Fsp3) is 0.600. The third-order valence-corrected chi connectivity index (χ3v) is 0.808.